The Labute approximate surface area is 126 Å². The van der Waals surface area contributed by atoms with Crippen molar-refractivity contribution in [3.05, 3.63) is 58.8 Å². The summed E-state index contributed by atoms with van der Waals surface area (Å²) in [5.41, 5.74) is 8.74. The van der Waals surface area contributed by atoms with E-state index in [4.69, 9.17) is 4.42 Å². The molecule has 0 aliphatic heterocycles. The van der Waals surface area contributed by atoms with Gasteiger partial charge in [-0.2, -0.15) is 0 Å². The van der Waals surface area contributed by atoms with Crippen LogP contribution < -0.4 is 0 Å². The third-order valence-electron chi connectivity index (χ3n) is 4.58. The second kappa shape index (κ2) is 5.07. The number of aryl methyl sites for hydroxylation is 2. The molecule has 0 saturated carbocycles. The van der Waals surface area contributed by atoms with E-state index < -0.39 is 0 Å². The number of hydrogen-bond donors (Lipinski definition) is 0. The zero-order valence-electron chi connectivity index (χ0n) is 13.4. The Morgan fingerprint density at radius 2 is 1.57 bits per heavy atom. The fourth-order valence-corrected chi connectivity index (χ4v) is 2.91. The van der Waals surface area contributed by atoms with Gasteiger partial charge in [0.25, 0.3) is 0 Å². The van der Waals surface area contributed by atoms with E-state index in [1.165, 1.54) is 38.8 Å². The van der Waals surface area contributed by atoms with Gasteiger partial charge in [0.15, 0.2) is 0 Å². The second-order valence-corrected chi connectivity index (χ2v) is 6.24. The third-order valence-corrected chi connectivity index (χ3v) is 4.58. The molecular formula is C20H22O. The van der Waals surface area contributed by atoms with Gasteiger partial charge in [-0.05, 0) is 60.6 Å². The van der Waals surface area contributed by atoms with E-state index in [0.717, 1.165) is 5.58 Å². The second-order valence-electron chi connectivity index (χ2n) is 6.24. The lowest BCUT2D eigenvalue weighted by Crippen LogP contribution is -1.89. The van der Waals surface area contributed by atoms with Crippen LogP contribution in [-0.4, -0.2) is 0 Å². The predicted octanol–water partition coefficient (Wildman–Crippen LogP) is 6.15. The Balaban J connectivity index is 2.19. The molecule has 1 nitrogen and oxygen atoms in total. The van der Waals surface area contributed by atoms with Gasteiger partial charge in [0.05, 0.1) is 6.26 Å². The molecule has 0 fully saturated rings. The zero-order chi connectivity index (χ0) is 15.1. The molecule has 3 aromatic rings. The molecule has 2 aromatic carbocycles. The highest BCUT2D eigenvalue weighted by molar-refractivity contribution is 5.97. The lowest BCUT2D eigenvalue weighted by molar-refractivity contribution is 0.616. The summed E-state index contributed by atoms with van der Waals surface area (Å²) < 4.78 is 5.80. The number of fused-ring (bicyclic) bond motifs is 1. The normalized spacial score (nSPS) is 11.5. The molecule has 0 unspecified atom stereocenters. The molecule has 1 heteroatoms. The van der Waals surface area contributed by atoms with E-state index in [0.29, 0.717) is 5.92 Å². The standard InChI is InChI=1S/C20H22O/c1-12(2)16-6-8-17(9-7-16)18-11-21-19-10-13(3)14(4)15(5)20(18)19/h6-12H,1-5H3. The van der Waals surface area contributed by atoms with Gasteiger partial charge in [-0.25, -0.2) is 0 Å². The monoisotopic (exact) mass is 278 g/mol. The van der Waals surface area contributed by atoms with Crippen molar-refractivity contribution < 1.29 is 4.42 Å². The molecule has 3 rings (SSSR count). The lowest BCUT2D eigenvalue weighted by atomic mass is 9.94. The van der Waals surface area contributed by atoms with Crippen LogP contribution in [0.1, 0.15) is 42.0 Å². The molecule has 0 spiro atoms. The van der Waals surface area contributed by atoms with Gasteiger partial charge in [-0.1, -0.05) is 38.1 Å². The highest BCUT2D eigenvalue weighted by atomic mass is 16.3. The fraction of sp³-hybridized carbons (Fsp3) is 0.300. The van der Waals surface area contributed by atoms with Crippen LogP contribution in [0.4, 0.5) is 0 Å². The summed E-state index contributed by atoms with van der Waals surface area (Å²) in [5.74, 6) is 0.562. The van der Waals surface area contributed by atoms with Gasteiger partial charge in [0.1, 0.15) is 5.58 Å². The number of furan rings is 1. The predicted molar refractivity (Wildman–Crippen MR) is 90.0 cm³/mol. The Bertz CT molecular complexity index is 789. The van der Waals surface area contributed by atoms with Crippen LogP contribution >= 0.6 is 0 Å². The molecule has 0 radical (unpaired) electrons. The average Bonchev–Trinajstić information content (AvgIpc) is 2.88. The SMILES string of the molecule is Cc1cc2occ(-c3ccc(C(C)C)cc3)c2c(C)c1C. The van der Waals surface area contributed by atoms with Gasteiger partial charge in [0, 0.05) is 10.9 Å². The molecule has 1 aromatic heterocycles. The van der Waals surface area contributed by atoms with Crippen LogP contribution in [-0.2, 0) is 0 Å². The Morgan fingerprint density at radius 1 is 0.905 bits per heavy atom. The number of rotatable bonds is 2. The first-order valence-electron chi connectivity index (χ1n) is 7.57. The molecule has 0 saturated heterocycles. The molecule has 0 amide bonds. The number of benzene rings is 2. The van der Waals surface area contributed by atoms with Crippen molar-refractivity contribution in [1.82, 2.24) is 0 Å². The van der Waals surface area contributed by atoms with Crippen molar-refractivity contribution in [2.45, 2.75) is 40.5 Å². The first kappa shape index (κ1) is 13.9. The highest BCUT2D eigenvalue weighted by Crippen LogP contribution is 2.35. The molecule has 1 heterocycles. The van der Waals surface area contributed by atoms with Crippen LogP contribution in [0.3, 0.4) is 0 Å². The minimum Gasteiger partial charge on any atom is -0.464 e. The summed E-state index contributed by atoms with van der Waals surface area (Å²) in [4.78, 5) is 0. The summed E-state index contributed by atoms with van der Waals surface area (Å²) in [6.45, 7) is 11.0. The van der Waals surface area contributed by atoms with Gasteiger partial charge < -0.3 is 4.42 Å². The molecular weight excluding hydrogens is 256 g/mol. The van der Waals surface area contributed by atoms with Crippen LogP contribution in [0, 0.1) is 20.8 Å². The lowest BCUT2D eigenvalue weighted by Gasteiger charge is -2.09. The van der Waals surface area contributed by atoms with Crippen molar-refractivity contribution in [2.24, 2.45) is 0 Å². The topological polar surface area (TPSA) is 13.1 Å². The Morgan fingerprint density at radius 3 is 2.19 bits per heavy atom. The van der Waals surface area contributed by atoms with Crippen molar-refractivity contribution in [3.63, 3.8) is 0 Å². The Kier molecular flexibility index (Phi) is 3.36. The van der Waals surface area contributed by atoms with Gasteiger partial charge >= 0.3 is 0 Å². The van der Waals surface area contributed by atoms with E-state index in [-0.39, 0.29) is 0 Å². The van der Waals surface area contributed by atoms with Gasteiger partial charge in [-0.3, -0.25) is 0 Å². The minimum absolute atomic E-state index is 0.562. The smallest absolute Gasteiger partial charge is 0.135 e. The summed E-state index contributed by atoms with van der Waals surface area (Å²) in [6.07, 6.45) is 1.89. The average molecular weight is 278 g/mol. The van der Waals surface area contributed by atoms with Crippen LogP contribution in [0.2, 0.25) is 0 Å². The van der Waals surface area contributed by atoms with Crippen molar-refractivity contribution in [3.8, 4) is 11.1 Å². The van der Waals surface area contributed by atoms with Crippen molar-refractivity contribution in [2.75, 3.05) is 0 Å². The molecule has 0 atom stereocenters. The van der Waals surface area contributed by atoms with E-state index in [2.05, 4.69) is 65.0 Å². The molecule has 108 valence electrons. The molecule has 21 heavy (non-hydrogen) atoms. The number of hydrogen-bond acceptors (Lipinski definition) is 1. The fourth-order valence-electron chi connectivity index (χ4n) is 2.91. The van der Waals surface area contributed by atoms with Crippen LogP contribution in [0.25, 0.3) is 22.1 Å². The minimum atomic E-state index is 0.562. The van der Waals surface area contributed by atoms with Crippen LogP contribution in [0.15, 0.2) is 41.0 Å². The summed E-state index contributed by atoms with van der Waals surface area (Å²) in [5, 5.41) is 1.25. The molecule has 0 aliphatic carbocycles. The maximum Gasteiger partial charge on any atom is 0.135 e. The maximum atomic E-state index is 5.80. The Hall–Kier alpha value is -2.02. The van der Waals surface area contributed by atoms with E-state index >= 15 is 0 Å². The maximum absolute atomic E-state index is 5.80. The van der Waals surface area contributed by atoms with Gasteiger partial charge in [0.2, 0.25) is 0 Å². The molecule has 0 N–H and O–H groups in total. The molecule has 0 bridgehead atoms. The molecule has 0 aliphatic rings. The van der Waals surface area contributed by atoms with Crippen molar-refractivity contribution >= 4 is 11.0 Å². The zero-order valence-corrected chi connectivity index (χ0v) is 13.4. The van der Waals surface area contributed by atoms with E-state index in [1.807, 2.05) is 6.26 Å². The van der Waals surface area contributed by atoms with E-state index in [1.54, 1.807) is 0 Å². The largest absolute Gasteiger partial charge is 0.464 e. The first-order chi connectivity index (χ1) is 9.99. The summed E-state index contributed by atoms with van der Waals surface area (Å²) in [6, 6.07) is 11.0. The summed E-state index contributed by atoms with van der Waals surface area (Å²) in [7, 11) is 0. The first-order valence-corrected chi connectivity index (χ1v) is 7.57. The highest BCUT2D eigenvalue weighted by Gasteiger charge is 2.13. The quantitative estimate of drug-likeness (QED) is 0.548. The van der Waals surface area contributed by atoms with Gasteiger partial charge in [-0.15, -0.1) is 0 Å². The third kappa shape index (κ3) is 2.27. The van der Waals surface area contributed by atoms with Crippen LogP contribution in [0.5, 0.6) is 0 Å². The van der Waals surface area contributed by atoms with Crippen molar-refractivity contribution in [1.29, 1.82) is 0 Å². The summed E-state index contributed by atoms with van der Waals surface area (Å²) >= 11 is 0. The van der Waals surface area contributed by atoms with E-state index in [9.17, 15) is 0 Å².